The Balaban J connectivity index is 1.42. The molecule has 0 radical (unpaired) electrons. The third-order valence-corrected chi connectivity index (χ3v) is 8.86. The van der Waals surface area contributed by atoms with Gasteiger partial charge in [-0.05, 0) is 48.0 Å². The summed E-state index contributed by atoms with van der Waals surface area (Å²) in [5.41, 5.74) is 4.62. The number of fused-ring (bicyclic) bond motifs is 2. The van der Waals surface area contributed by atoms with Gasteiger partial charge in [0.1, 0.15) is 9.79 Å². The second-order valence-corrected chi connectivity index (χ2v) is 13.1. The topological polar surface area (TPSA) is 244 Å². The van der Waals surface area contributed by atoms with Crippen molar-refractivity contribution in [3.8, 4) is 0 Å². The van der Waals surface area contributed by atoms with Crippen LogP contribution in [0.15, 0.2) is 88.7 Å². The molecule has 47 heavy (non-hydrogen) atoms. The molecule has 0 aliphatic heterocycles. The summed E-state index contributed by atoms with van der Waals surface area (Å²) in [5.74, 6) is -1.63. The molecule has 18 heteroatoms. The SMILES string of the molecule is Nc1c(S(=O)(=O)O)cc(Nc2ccc(Nc3nc(Cl)nc(Nc4ccccc4)n3)c(S(=O)(=O)O)c2)c2c1C(=O)c1ccccc1C2=O. The number of para-hydroxylation sites is 1. The van der Waals surface area contributed by atoms with Gasteiger partial charge in [-0.15, -0.1) is 0 Å². The summed E-state index contributed by atoms with van der Waals surface area (Å²) >= 11 is 6.05. The van der Waals surface area contributed by atoms with Crippen LogP contribution in [0.25, 0.3) is 0 Å². The number of hydrogen-bond donors (Lipinski definition) is 6. The van der Waals surface area contributed by atoms with Crippen LogP contribution in [0.1, 0.15) is 31.8 Å². The van der Waals surface area contributed by atoms with Crippen LogP contribution in [-0.2, 0) is 20.2 Å². The van der Waals surface area contributed by atoms with Crippen molar-refractivity contribution in [2.24, 2.45) is 0 Å². The van der Waals surface area contributed by atoms with Gasteiger partial charge in [-0.2, -0.15) is 31.8 Å². The third-order valence-electron chi connectivity index (χ3n) is 6.90. The Hall–Kier alpha value is -5.46. The number of ketones is 2. The van der Waals surface area contributed by atoms with E-state index in [9.17, 15) is 35.5 Å². The van der Waals surface area contributed by atoms with Crippen molar-refractivity contribution in [2.45, 2.75) is 9.79 Å². The Morgan fingerprint density at radius 3 is 1.81 bits per heavy atom. The monoisotopic (exact) mass is 693 g/mol. The van der Waals surface area contributed by atoms with Crippen molar-refractivity contribution in [1.29, 1.82) is 0 Å². The van der Waals surface area contributed by atoms with Gasteiger partial charge in [-0.3, -0.25) is 18.7 Å². The Morgan fingerprint density at radius 2 is 1.19 bits per heavy atom. The third kappa shape index (κ3) is 6.20. The Labute approximate surface area is 271 Å². The number of anilines is 7. The Bertz CT molecular complexity index is 2360. The van der Waals surface area contributed by atoms with Gasteiger partial charge >= 0.3 is 0 Å². The minimum Gasteiger partial charge on any atom is -0.397 e. The molecule has 4 aromatic carbocycles. The standard InChI is InChI=1S/C29H20ClN7O8S2/c30-27-35-28(33-14-6-2-1-3-7-14)37-29(36-27)34-18-11-10-15(12-20(18)46(40,41)42)32-19-13-21(47(43,44)45)24(31)23-22(19)25(38)16-8-4-5-9-17(16)26(23)39/h1-13,32H,31H2,(H,40,41,42)(H,43,44,45)(H2,33,34,35,36,37). The summed E-state index contributed by atoms with van der Waals surface area (Å²) in [4.78, 5) is 37.6. The van der Waals surface area contributed by atoms with E-state index in [4.69, 9.17) is 17.3 Å². The maximum absolute atomic E-state index is 13.6. The molecule has 0 amide bonds. The predicted octanol–water partition coefficient (Wildman–Crippen LogP) is 4.61. The molecule has 5 aromatic rings. The minimum absolute atomic E-state index is 0.0161. The van der Waals surface area contributed by atoms with Gasteiger partial charge in [0.2, 0.25) is 17.2 Å². The lowest BCUT2D eigenvalue weighted by Crippen LogP contribution is -2.25. The van der Waals surface area contributed by atoms with Crippen LogP contribution in [0.5, 0.6) is 0 Å². The molecule has 0 atom stereocenters. The largest absolute Gasteiger partial charge is 0.397 e. The van der Waals surface area contributed by atoms with Crippen molar-refractivity contribution in [3.63, 3.8) is 0 Å². The Morgan fingerprint density at radius 1 is 0.617 bits per heavy atom. The highest BCUT2D eigenvalue weighted by molar-refractivity contribution is 7.86. The second-order valence-electron chi connectivity index (χ2n) is 9.94. The lowest BCUT2D eigenvalue weighted by molar-refractivity contribution is 0.0980. The molecule has 0 saturated carbocycles. The number of nitrogens with two attached hydrogens (primary N) is 1. The number of aromatic nitrogens is 3. The van der Waals surface area contributed by atoms with Gasteiger partial charge in [0.25, 0.3) is 20.2 Å². The number of carbonyl (C=O) groups is 2. The van der Waals surface area contributed by atoms with Crippen LogP contribution >= 0.6 is 11.6 Å². The normalized spacial score (nSPS) is 12.7. The first-order valence-electron chi connectivity index (χ1n) is 13.2. The molecule has 7 N–H and O–H groups in total. The van der Waals surface area contributed by atoms with E-state index in [0.29, 0.717) is 5.69 Å². The number of hydrogen-bond acceptors (Lipinski definition) is 13. The maximum atomic E-state index is 13.6. The summed E-state index contributed by atoms with van der Waals surface area (Å²) in [6.07, 6.45) is 0. The van der Waals surface area contributed by atoms with E-state index in [0.717, 1.165) is 12.1 Å². The highest BCUT2D eigenvalue weighted by atomic mass is 35.5. The van der Waals surface area contributed by atoms with Gasteiger partial charge in [0.05, 0.1) is 28.2 Å². The lowest BCUT2D eigenvalue weighted by atomic mass is 9.82. The zero-order chi connectivity index (χ0) is 33.7. The fourth-order valence-corrected chi connectivity index (χ4v) is 6.39. The summed E-state index contributed by atoms with van der Waals surface area (Å²) in [6, 6.07) is 19.0. The van der Waals surface area contributed by atoms with Gasteiger partial charge in [0, 0.05) is 22.5 Å². The summed E-state index contributed by atoms with van der Waals surface area (Å²) < 4.78 is 69.4. The molecule has 1 aliphatic carbocycles. The maximum Gasteiger partial charge on any atom is 0.296 e. The molecule has 0 bridgehead atoms. The zero-order valence-corrected chi connectivity index (χ0v) is 25.9. The zero-order valence-electron chi connectivity index (χ0n) is 23.5. The first-order chi connectivity index (χ1) is 22.2. The number of nitrogens with one attached hydrogen (secondary N) is 3. The van der Waals surface area contributed by atoms with Crippen LogP contribution in [0.4, 0.5) is 40.3 Å². The van der Waals surface area contributed by atoms with Crippen molar-refractivity contribution in [1.82, 2.24) is 15.0 Å². The van der Waals surface area contributed by atoms with Crippen LogP contribution < -0.4 is 21.7 Å². The molecule has 0 fully saturated rings. The smallest absolute Gasteiger partial charge is 0.296 e. The van der Waals surface area contributed by atoms with E-state index >= 15 is 0 Å². The van der Waals surface area contributed by atoms with Gasteiger partial charge in [0.15, 0.2) is 11.6 Å². The van der Waals surface area contributed by atoms with Gasteiger partial charge in [-0.25, -0.2) is 0 Å². The Kier molecular flexibility index (Phi) is 7.86. The van der Waals surface area contributed by atoms with E-state index in [2.05, 4.69) is 30.9 Å². The summed E-state index contributed by atoms with van der Waals surface area (Å²) in [7, 11) is -9.96. The second kappa shape index (κ2) is 11.7. The van der Waals surface area contributed by atoms with E-state index in [1.807, 2.05) is 0 Å². The fourth-order valence-electron chi connectivity index (χ4n) is 4.91. The highest BCUT2D eigenvalue weighted by Crippen LogP contribution is 2.40. The van der Waals surface area contributed by atoms with Crippen LogP contribution in [0.2, 0.25) is 5.28 Å². The number of rotatable bonds is 8. The molecule has 6 rings (SSSR count). The molecular formula is C29H20ClN7O8S2. The van der Waals surface area contributed by atoms with Crippen LogP contribution in [-0.4, -0.2) is 52.5 Å². The molecule has 238 valence electrons. The number of nitrogen functional groups attached to an aromatic ring is 1. The first kappa shape index (κ1) is 31.5. The molecule has 1 aromatic heterocycles. The minimum atomic E-state index is -5.01. The fraction of sp³-hybridized carbons (Fsp3) is 0. The molecule has 15 nitrogen and oxygen atoms in total. The van der Waals surface area contributed by atoms with Gasteiger partial charge < -0.3 is 21.7 Å². The molecule has 0 spiro atoms. The van der Waals surface area contributed by atoms with E-state index in [1.165, 1.54) is 36.4 Å². The van der Waals surface area contributed by atoms with Crippen molar-refractivity contribution >= 4 is 83.7 Å². The van der Waals surface area contributed by atoms with Crippen molar-refractivity contribution in [3.05, 3.63) is 106 Å². The number of carbonyl (C=O) groups excluding carboxylic acids is 2. The number of benzene rings is 4. The first-order valence-corrected chi connectivity index (χ1v) is 16.5. The van der Waals surface area contributed by atoms with E-state index < -0.39 is 52.8 Å². The number of halogens is 1. The van der Waals surface area contributed by atoms with Crippen molar-refractivity contribution < 1.29 is 35.5 Å². The molecule has 1 aliphatic rings. The van der Waals surface area contributed by atoms with Gasteiger partial charge in [-0.1, -0.05) is 42.5 Å². The van der Waals surface area contributed by atoms with Crippen molar-refractivity contribution in [2.75, 3.05) is 21.7 Å². The highest BCUT2D eigenvalue weighted by Gasteiger charge is 2.36. The molecule has 0 unspecified atom stereocenters. The lowest BCUT2D eigenvalue weighted by Gasteiger charge is -2.24. The van der Waals surface area contributed by atoms with Crippen LogP contribution in [0.3, 0.4) is 0 Å². The number of nitrogens with zero attached hydrogens (tertiary/aromatic N) is 3. The molecule has 1 heterocycles. The molecule has 0 saturated heterocycles. The van der Waals surface area contributed by atoms with Crippen LogP contribution in [0, 0.1) is 0 Å². The quantitative estimate of drug-likeness (QED) is 0.0941. The predicted molar refractivity (Wildman–Crippen MR) is 171 cm³/mol. The van der Waals surface area contributed by atoms with E-state index in [-0.39, 0.29) is 50.9 Å². The summed E-state index contributed by atoms with van der Waals surface area (Å²) in [5, 5.41) is 8.07. The average molecular weight is 694 g/mol. The average Bonchev–Trinajstić information content (AvgIpc) is 3.00. The molecular weight excluding hydrogens is 674 g/mol. The van der Waals surface area contributed by atoms with E-state index in [1.54, 1.807) is 30.3 Å². The summed E-state index contributed by atoms with van der Waals surface area (Å²) in [6.45, 7) is 0.